The van der Waals surface area contributed by atoms with E-state index < -0.39 is 17.7 Å². The summed E-state index contributed by atoms with van der Waals surface area (Å²) >= 11 is 0. The minimum atomic E-state index is -0.484. The molecule has 0 radical (unpaired) electrons. The number of carbonyl (C=O) groups excluding carboxylic acids is 1. The molecule has 3 rings (SSSR count). The molecule has 0 unspecified atom stereocenters. The molecule has 4 heteroatoms. The van der Waals surface area contributed by atoms with Crippen molar-refractivity contribution < 1.29 is 13.6 Å². The maximum absolute atomic E-state index is 13.9. The third-order valence-corrected chi connectivity index (χ3v) is 4.93. The van der Waals surface area contributed by atoms with Crippen molar-refractivity contribution in [1.82, 2.24) is 4.90 Å². The van der Waals surface area contributed by atoms with Crippen molar-refractivity contribution in [3.63, 3.8) is 0 Å². The second-order valence-corrected chi connectivity index (χ2v) is 6.18. The summed E-state index contributed by atoms with van der Waals surface area (Å²) < 4.78 is 27.2. The number of carbonyl (C=O) groups is 1. The monoisotopic (exact) mass is 291 g/mol. The van der Waals surface area contributed by atoms with Crippen molar-refractivity contribution in [2.75, 3.05) is 7.05 Å². The third-order valence-electron chi connectivity index (χ3n) is 4.93. The largest absolute Gasteiger partial charge is 0.339 e. The number of benzene rings is 1. The first-order valence-corrected chi connectivity index (χ1v) is 7.37. The zero-order chi connectivity index (χ0) is 15.1. The first-order valence-electron chi connectivity index (χ1n) is 7.37. The van der Waals surface area contributed by atoms with Gasteiger partial charge < -0.3 is 4.90 Å². The van der Waals surface area contributed by atoms with Crippen LogP contribution in [0.1, 0.15) is 31.4 Å². The molecule has 0 saturated heterocycles. The molecule has 1 aromatic carbocycles. The summed E-state index contributed by atoms with van der Waals surface area (Å²) in [4.78, 5) is 14.2. The smallest absolute Gasteiger partial charge is 0.226 e. The van der Waals surface area contributed by atoms with Crippen LogP contribution in [0.25, 0.3) is 0 Å². The molecule has 0 heterocycles. The normalized spacial score (nSPS) is 27.9. The Morgan fingerprint density at radius 1 is 1.29 bits per heavy atom. The number of hydrogen-bond donors (Lipinski definition) is 0. The van der Waals surface area contributed by atoms with E-state index in [9.17, 15) is 13.6 Å². The lowest BCUT2D eigenvalue weighted by Gasteiger charge is -2.30. The Hall–Kier alpha value is -1.71. The molecular weight excluding hydrogens is 272 g/mol. The molecule has 0 aliphatic heterocycles. The number of rotatable bonds is 3. The summed E-state index contributed by atoms with van der Waals surface area (Å²) in [5.74, 6) is -0.113. The van der Waals surface area contributed by atoms with Crippen LogP contribution in [-0.2, 0) is 4.79 Å². The fraction of sp³-hybridized carbons (Fsp3) is 0.471. The van der Waals surface area contributed by atoms with Crippen LogP contribution >= 0.6 is 0 Å². The van der Waals surface area contributed by atoms with E-state index in [2.05, 4.69) is 12.2 Å². The molecule has 1 amide bonds. The molecule has 2 nitrogen and oxygen atoms in total. The first kappa shape index (κ1) is 14.2. The second-order valence-electron chi connectivity index (χ2n) is 6.18. The Bertz CT molecular complexity index is 598. The molecule has 21 heavy (non-hydrogen) atoms. The summed E-state index contributed by atoms with van der Waals surface area (Å²) in [5.41, 5.74) is 0.226. The molecule has 1 fully saturated rings. The Labute approximate surface area is 123 Å². The van der Waals surface area contributed by atoms with E-state index in [1.54, 1.807) is 18.9 Å². The molecule has 1 saturated carbocycles. The number of fused-ring (bicyclic) bond motifs is 2. The van der Waals surface area contributed by atoms with Crippen LogP contribution in [0.15, 0.2) is 30.4 Å². The van der Waals surface area contributed by atoms with Crippen molar-refractivity contribution in [3.8, 4) is 0 Å². The molecule has 2 aliphatic carbocycles. The molecule has 0 N–H and O–H groups in total. The van der Waals surface area contributed by atoms with Gasteiger partial charge in [-0.1, -0.05) is 12.2 Å². The summed E-state index contributed by atoms with van der Waals surface area (Å²) in [7, 11) is 1.67. The fourth-order valence-electron chi connectivity index (χ4n) is 3.56. The van der Waals surface area contributed by atoms with Gasteiger partial charge in [0.25, 0.3) is 0 Å². The van der Waals surface area contributed by atoms with E-state index in [0.717, 1.165) is 25.0 Å². The zero-order valence-electron chi connectivity index (χ0n) is 12.2. The highest BCUT2D eigenvalue weighted by molar-refractivity contribution is 5.80. The average Bonchev–Trinajstić information content (AvgIpc) is 3.10. The fourth-order valence-corrected chi connectivity index (χ4v) is 3.56. The molecule has 2 bridgehead atoms. The van der Waals surface area contributed by atoms with Crippen molar-refractivity contribution >= 4 is 5.91 Å². The van der Waals surface area contributed by atoms with E-state index in [0.29, 0.717) is 11.8 Å². The van der Waals surface area contributed by atoms with Crippen LogP contribution in [0.3, 0.4) is 0 Å². The summed E-state index contributed by atoms with van der Waals surface area (Å²) in [6.07, 6.45) is 6.23. The van der Waals surface area contributed by atoms with Crippen molar-refractivity contribution in [1.29, 1.82) is 0 Å². The van der Waals surface area contributed by atoms with E-state index in [-0.39, 0.29) is 17.4 Å². The van der Waals surface area contributed by atoms with Crippen molar-refractivity contribution in [2.45, 2.75) is 25.8 Å². The second kappa shape index (κ2) is 5.24. The summed E-state index contributed by atoms with van der Waals surface area (Å²) in [5, 5.41) is 0. The standard InChI is InChI=1S/C17H19F2NO/c1-10(14-9-13(18)5-6-16(14)19)20(2)17(21)15-8-11-3-4-12(15)7-11/h3-6,9-12,15H,7-8H2,1-2H3/t10-,11-,12-,15-/m0/s1. The number of nitrogens with zero attached hydrogens (tertiary/aromatic N) is 1. The van der Waals surface area contributed by atoms with Gasteiger partial charge in [0.2, 0.25) is 5.91 Å². The Kier molecular flexibility index (Phi) is 3.56. The van der Waals surface area contributed by atoms with Crippen LogP contribution in [0, 0.1) is 29.4 Å². The van der Waals surface area contributed by atoms with Gasteiger partial charge in [-0.15, -0.1) is 0 Å². The van der Waals surface area contributed by atoms with Crippen LogP contribution in [0.4, 0.5) is 8.78 Å². The molecule has 2 aliphatic rings. The van der Waals surface area contributed by atoms with Gasteiger partial charge >= 0.3 is 0 Å². The molecule has 1 aromatic rings. The molecule has 0 aromatic heterocycles. The minimum absolute atomic E-state index is 0.0101. The maximum atomic E-state index is 13.9. The van der Waals surface area contributed by atoms with E-state index in [1.807, 2.05) is 0 Å². The van der Waals surface area contributed by atoms with Gasteiger partial charge in [0, 0.05) is 18.5 Å². The van der Waals surface area contributed by atoms with Gasteiger partial charge in [-0.2, -0.15) is 0 Å². The van der Waals surface area contributed by atoms with E-state index in [4.69, 9.17) is 0 Å². The van der Waals surface area contributed by atoms with E-state index in [1.165, 1.54) is 6.07 Å². The Balaban J connectivity index is 1.78. The van der Waals surface area contributed by atoms with Crippen LogP contribution in [0.5, 0.6) is 0 Å². The van der Waals surface area contributed by atoms with Crippen molar-refractivity contribution in [2.24, 2.45) is 17.8 Å². The number of amides is 1. The van der Waals surface area contributed by atoms with Gasteiger partial charge in [0.05, 0.1) is 6.04 Å². The van der Waals surface area contributed by atoms with E-state index >= 15 is 0 Å². The highest BCUT2D eigenvalue weighted by atomic mass is 19.1. The van der Waals surface area contributed by atoms with Crippen LogP contribution < -0.4 is 0 Å². The Morgan fingerprint density at radius 3 is 2.67 bits per heavy atom. The summed E-state index contributed by atoms with van der Waals surface area (Å²) in [6, 6.07) is 2.90. The molecular formula is C17H19F2NO. The van der Waals surface area contributed by atoms with Gasteiger partial charge in [-0.25, -0.2) is 8.78 Å². The van der Waals surface area contributed by atoms with Gasteiger partial charge in [0.1, 0.15) is 11.6 Å². The Morgan fingerprint density at radius 2 is 2.05 bits per heavy atom. The molecule has 4 atom stereocenters. The first-order chi connectivity index (χ1) is 9.97. The zero-order valence-corrected chi connectivity index (χ0v) is 12.2. The molecule has 0 spiro atoms. The maximum Gasteiger partial charge on any atom is 0.226 e. The van der Waals surface area contributed by atoms with Gasteiger partial charge in [-0.05, 0) is 49.8 Å². The number of hydrogen-bond acceptors (Lipinski definition) is 1. The van der Waals surface area contributed by atoms with Gasteiger partial charge in [-0.3, -0.25) is 4.79 Å². The topological polar surface area (TPSA) is 20.3 Å². The lowest BCUT2D eigenvalue weighted by atomic mass is 9.91. The quantitative estimate of drug-likeness (QED) is 0.778. The number of allylic oxidation sites excluding steroid dienone is 2. The molecule has 112 valence electrons. The van der Waals surface area contributed by atoms with Crippen LogP contribution in [0.2, 0.25) is 0 Å². The van der Waals surface area contributed by atoms with Crippen LogP contribution in [-0.4, -0.2) is 17.9 Å². The predicted octanol–water partition coefficient (Wildman–Crippen LogP) is 3.70. The lowest BCUT2D eigenvalue weighted by Crippen LogP contribution is -2.36. The highest BCUT2D eigenvalue weighted by Crippen LogP contribution is 2.44. The van der Waals surface area contributed by atoms with Gasteiger partial charge in [0.15, 0.2) is 0 Å². The SMILES string of the molecule is C[C@@H](c1cc(F)ccc1F)N(C)C(=O)[C@H]1C[C@H]2C=C[C@H]1C2. The average molecular weight is 291 g/mol. The van der Waals surface area contributed by atoms with Crippen molar-refractivity contribution in [3.05, 3.63) is 47.5 Å². The third kappa shape index (κ3) is 2.47. The number of halogens is 2. The minimum Gasteiger partial charge on any atom is -0.339 e. The lowest BCUT2D eigenvalue weighted by molar-refractivity contribution is -0.137. The highest BCUT2D eigenvalue weighted by Gasteiger charge is 2.41. The predicted molar refractivity (Wildman–Crippen MR) is 76.4 cm³/mol. The summed E-state index contributed by atoms with van der Waals surface area (Å²) in [6.45, 7) is 1.73.